The number of furan rings is 1. The van der Waals surface area contributed by atoms with E-state index in [9.17, 15) is 0 Å². The molecule has 2 aliphatic heterocycles. The number of allylic oxidation sites excluding steroid dienone is 4. The Morgan fingerprint density at radius 2 is 1.34 bits per heavy atom. The van der Waals surface area contributed by atoms with E-state index in [4.69, 9.17) is 4.42 Å². The zero-order valence-corrected chi connectivity index (χ0v) is 28.3. The molecular weight excluding hydrogens is 629 g/mol. The number of benzene rings is 6. The largest absolute Gasteiger partial charge is 0.458 e. The van der Waals surface area contributed by atoms with Crippen molar-refractivity contribution in [2.24, 2.45) is 0 Å². The van der Waals surface area contributed by atoms with E-state index >= 15 is 0 Å². The molecule has 7 aromatic rings. The topological polar surface area (TPSA) is 19.6 Å². The highest BCUT2D eigenvalue weighted by atomic mass is 32.2. The highest BCUT2D eigenvalue weighted by Crippen LogP contribution is 2.66. The minimum absolute atomic E-state index is 0.152. The summed E-state index contributed by atoms with van der Waals surface area (Å²) in [6.45, 7) is 0. The predicted octanol–water partition coefficient (Wildman–Crippen LogP) is 13.3. The number of hydrogen-bond acceptors (Lipinski definition) is 4. The second-order valence-corrected chi connectivity index (χ2v) is 14.3. The molecule has 3 nitrogen and oxygen atoms in total. The van der Waals surface area contributed by atoms with Crippen molar-refractivity contribution in [3.63, 3.8) is 0 Å². The third-order valence-corrected chi connectivity index (χ3v) is 11.6. The molecule has 1 aliphatic carbocycles. The van der Waals surface area contributed by atoms with Gasteiger partial charge in [0.1, 0.15) is 11.3 Å². The average molecular weight is 663 g/mol. The van der Waals surface area contributed by atoms with Gasteiger partial charge in [-0.15, -0.1) is 11.8 Å². The normalized spacial score (nSPS) is 17.4. The maximum absolute atomic E-state index is 6.65. The molecule has 2 atom stereocenters. The summed E-state index contributed by atoms with van der Waals surface area (Å²) < 4.78 is 6.65. The SMILES string of the molecule is C1=CC(c2ccc(N(c3ccc(-c4ccccc4)cc3)c3cccc(N4c5c(oc6ccccc56)C5Sc6ccccc6C54)c3)cc2)=CCC1. The van der Waals surface area contributed by atoms with Crippen LogP contribution in [0.15, 0.2) is 179 Å². The lowest BCUT2D eigenvalue weighted by Gasteiger charge is -2.30. The van der Waals surface area contributed by atoms with Crippen LogP contribution in [0.2, 0.25) is 0 Å². The molecule has 10 rings (SSSR count). The quantitative estimate of drug-likeness (QED) is 0.176. The van der Waals surface area contributed by atoms with Crippen molar-refractivity contribution in [3.05, 3.63) is 187 Å². The van der Waals surface area contributed by atoms with E-state index in [2.05, 4.69) is 180 Å². The molecule has 0 saturated carbocycles. The summed E-state index contributed by atoms with van der Waals surface area (Å²) in [5, 5.41) is 1.35. The summed E-state index contributed by atoms with van der Waals surface area (Å²) >= 11 is 1.92. The van der Waals surface area contributed by atoms with Gasteiger partial charge >= 0.3 is 0 Å². The molecule has 0 spiro atoms. The fourth-order valence-corrected chi connectivity index (χ4v) is 9.30. The third kappa shape index (κ3) is 4.82. The molecule has 0 bridgehead atoms. The van der Waals surface area contributed by atoms with E-state index < -0.39 is 0 Å². The van der Waals surface area contributed by atoms with Gasteiger partial charge in [0.15, 0.2) is 0 Å². The Labute approximate surface area is 296 Å². The van der Waals surface area contributed by atoms with E-state index in [0.717, 1.165) is 52.3 Å². The minimum atomic E-state index is 0.152. The van der Waals surface area contributed by atoms with Crippen molar-refractivity contribution >= 4 is 56.7 Å². The lowest BCUT2D eigenvalue weighted by molar-refractivity contribution is 0.542. The van der Waals surface area contributed by atoms with Gasteiger partial charge in [0.2, 0.25) is 0 Å². The second kappa shape index (κ2) is 12.0. The molecular formula is C46H34N2OS. The molecule has 0 fully saturated rings. The first-order valence-corrected chi connectivity index (χ1v) is 18.3. The molecule has 3 aliphatic rings. The van der Waals surface area contributed by atoms with Crippen LogP contribution in [0, 0.1) is 0 Å². The molecule has 0 N–H and O–H groups in total. The number of anilines is 5. The van der Waals surface area contributed by atoms with Crippen molar-refractivity contribution in [1.29, 1.82) is 0 Å². The molecule has 0 saturated heterocycles. The Morgan fingerprint density at radius 3 is 2.14 bits per heavy atom. The van der Waals surface area contributed by atoms with E-state index in [0.29, 0.717) is 0 Å². The molecule has 3 heterocycles. The van der Waals surface area contributed by atoms with Crippen molar-refractivity contribution in [2.75, 3.05) is 9.80 Å². The number of fused-ring (bicyclic) bond motifs is 7. The lowest BCUT2D eigenvalue weighted by atomic mass is 9.99. The minimum Gasteiger partial charge on any atom is -0.458 e. The smallest absolute Gasteiger partial charge is 0.144 e. The number of nitrogens with zero attached hydrogens (tertiary/aromatic N) is 2. The van der Waals surface area contributed by atoms with E-state index in [1.807, 2.05) is 11.8 Å². The monoisotopic (exact) mass is 662 g/mol. The molecule has 2 unspecified atom stereocenters. The van der Waals surface area contributed by atoms with Crippen molar-refractivity contribution in [3.8, 4) is 11.1 Å². The fraction of sp³-hybridized carbons (Fsp3) is 0.0870. The van der Waals surface area contributed by atoms with Crippen LogP contribution in [0.4, 0.5) is 28.4 Å². The van der Waals surface area contributed by atoms with Crippen LogP contribution < -0.4 is 9.80 Å². The summed E-state index contributed by atoms with van der Waals surface area (Å²) in [5.74, 6) is 1.07. The van der Waals surface area contributed by atoms with Gasteiger partial charge in [-0.1, -0.05) is 109 Å². The molecule has 1 aromatic heterocycles. The van der Waals surface area contributed by atoms with E-state index in [-0.39, 0.29) is 11.3 Å². The highest BCUT2D eigenvalue weighted by Gasteiger charge is 2.49. The van der Waals surface area contributed by atoms with Gasteiger partial charge in [0, 0.05) is 33.0 Å². The van der Waals surface area contributed by atoms with Crippen LogP contribution in [-0.4, -0.2) is 0 Å². The molecule has 240 valence electrons. The molecule has 0 amide bonds. The van der Waals surface area contributed by atoms with Gasteiger partial charge in [0.25, 0.3) is 0 Å². The van der Waals surface area contributed by atoms with Gasteiger partial charge in [-0.05, 0) is 101 Å². The maximum atomic E-state index is 6.65. The van der Waals surface area contributed by atoms with E-state index in [1.165, 1.54) is 38.4 Å². The summed E-state index contributed by atoms with van der Waals surface area (Å²) in [4.78, 5) is 6.25. The first-order valence-electron chi connectivity index (χ1n) is 17.4. The first kappa shape index (κ1) is 29.2. The van der Waals surface area contributed by atoms with Crippen molar-refractivity contribution in [1.82, 2.24) is 0 Å². The molecule has 50 heavy (non-hydrogen) atoms. The molecule has 6 aromatic carbocycles. The van der Waals surface area contributed by atoms with Gasteiger partial charge in [-0.25, -0.2) is 0 Å². The number of para-hydroxylation sites is 1. The Balaban J connectivity index is 1.11. The van der Waals surface area contributed by atoms with Crippen LogP contribution in [-0.2, 0) is 0 Å². The Kier molecular flexibility index (Phi) is 7.02. The van der Waals surface area contributed by atoms with Crippen molar-refractivity contribution in [2.45, 2.75) is 29.0 Å². The lowest BCUT2D eigenvalue weighted by Crippen LogP contribution is -2.20. The van der Waals surface area contributed by atoms with Crippen LogP contribution in [0.3, 0.4) is 0 Å². The zero-order chi connectivity index (χ0) is 33.0. The molecule has 4 heteroatoms. The zero-order valence-electron chi connectivity index (χ0n) is 27.4. The summed E-state index contributed by atoms with van der Waals surface area (Å²) in [6.07, 6.45) is 9.07. The number of rotatable bonds is 6. The third-order valence-electron chi connectivity index (χ3n) is 10.2. The Hall–Kier alpha value is -5.71. The Morgan fingerprint density at radius 1 is 0.620 bits per heavy atom. The van der Waals surface area contributed by atoms with Crippen LogP contribution in [0.25, 0.3) is 27.7 Å². The van der Waals surface area contributed by atoms with E-state index in [1.54, 1.807) is 0 Å². The van der Waals surface area contributed by atoms with Crippen LogP contribution >= 0.6 is 11.8 Å². The second-order valence-electron chi connectivity index (χ2n) is 13.2. The van der Waals surface area contributed by atoms with Crippen LogP contribution in [0.1, 0.15) is 41.0 Å². The van der Waals surface area contributed by atoms with Gasteiger partial charge in [-0.2, -0.15) is 0 Å². The maximum Gasteiger partial charge on any atom is 0.144 e. The van der Waals surface area contributed by atoms with Crippen molar-refractivity contribution < 1.29 is 4.42 Å². The number of thioether (sulfide) groups is 1. The molecule has 0 radical (unpaired) electrons. The first-order chi connectivity index (χ1) is 24.8. The summed E-state index contributed by atoms with van der Waals surface area (Å²) in [6, 6.07) is 55.1. The van der Waals surface area contributed by atoms with Gasteiger partial charge < -0.3 is 14.2 Å². The standard InChI is InChI=1S/C46H34N2OS/c1-3-12-31(13-4-1)33-22-26-35(27-23-33)47(36-28-24-34(25-29-36)32-14-5-2-6-15-32)37-16-11-17-38(30-37)48-43-39-18-7-9-20-41(39)49-45(43)46-44(48)40-19-8-10-21-42(40)50-46/h1,3-5,7-30,44,46H,2,6H2. The average Bonchev–Trinajstić information content (AvgIpc) is 3.85. The van der Waals surface area contributed by atoms with Gasteiger partial charge in [-0.3, -0.25) is 0 Å². The van der Waals surface area contributed by atoms with Crippen LogP contribution in [0.5, 0.6) is 0 Å². The fourth-order valence-electron chi connectivity index (χ4n) is 7.88. The predicted molar refractivity (Wildman–Crippen MR) is 209 cm³/mol. The van der Waals surface area contributed by atoms with Gasteiger partial charge in [0.05, 0.1) is 17.0 Å². The summed E-state index contributed by atoms with van der Waals surface area (Å²) in [5.41, 5.74) is 12.9. The number of hydrogen-bond donors (Lipinski definition) is 0. The Bertz CT molecular complexity index is 2420. The highest BCUT2D eigenvalue weighted by molar-refractivity contribution is 8.00. The summed E-state index contributed by atoms with van der Waals surface area (Å²) in [7, 11) is 0.